The summed E-state index contributed by atoms with van der Waals surface area (Å²) in [7, 11) is 1.80. The number of anilines is 1. The lowest BCUT2D eigenvalue weighted by molar-refractivity contribution is -0.116. The van der Waals surface area contributed by atoms with E-state index in [1.165, 1.54) is 24.9 Å². The van der Waals surface area contributed by atoms with Crippen LogP contribution in [0, 0.1) is 5.92 Å². The van der Waals surface area contributed by atoms with Gasteiger partial charge in [0.15, 0.2) is 5.96 Å². The van der Waals surface area contributed by atoms with Gasteiger partial charge < -0.3 is 16.0 Å². The molecule has 1 aromatic carbocycles. The van der Waals surface area contributed by atoms with Gasteiger partial charge in [0.05, 0.1) is 0 Å². The number of amides is 1. The summed E-state index contributed by atoms with van der Waals surface area (Å²) in [4.78, 5) is 19.0. The number of hydrogen-bond acceptors (Lipinski definition) is 3. The third kappa shape index (κ3) is 5.04. The van der Waals surface area contributed by atoms with E-state index < -0.39 is 0 Å². The largest absolute Gasteiger partial charge is 0.356 e. The zero-order chi connectivity index (χ0) is 20.1. The summed E-state index contributed by atoms with van der Waals surface area (Å²) in [5.41, 5.74) is 2.19. The minimum Gasteiger partial charge on any atom is -0.356 e. The molecule has 1 amide bonds. The van der Waals surface area contributed by atoms with Gasteiger partial charge in [-0.2, -0.15) is 0 Å². The van der Waals surface area contributed by atoms with Crippen LogP contribution in [0.1, 0.15) is 51.5 Å². The van der Waals surface area contributed by atoms with Crippen LogP contribution in [0.25, 0.3) is 0 Å². The van der Waals surface area contributed by atoms with E-state index in [0.29, 0.717) is 13.0 Å². The van der Waals surface area contributed by atoms with Gasteiger partial charge in [-0.05, 0) is 50.8 Å². The molecule has 0 saturated carbocycles. The summed E-state index contributed by atoms with van der Waals surface area (Å²) >= 11 is 0. The predicted octanol–water partition coefficient (Wildman–Crippen LogP) is 2.79. The van der Waals surface area contributed by atoms with Gasteiger partial charge in [0, 0.05) is 50.2 Å². The summed E-state index contributed by atoms with van der Waals surface area (Å²) in [6.45, 7) is 10.8. The van der Waals surface area contributed by atoms with Gasteiger partial charge in [-0.15, -0.1) is 0 Å². The minimum atomic E-state index is 0.0730. The highest BCUT2D eigenvalue weighted by Crippen LogP contribution is 2.31. The number of hydrogen-bond donors (Lipinski definition) is 3. The number of rotatable bonds is 5. The van der Waals surface area contributed by atoms with Gasteiger partial charge in [0.1, 0.15) is 0 Å². The number of carbonyl (C=O) groups is 1. The third-order valence-electron chi connectivity index (χ3n) is 6.05. The average Bonchev–Trinajstić information content (AvgIpc) is 2.67. The van der Waals surface area contributed by atoms with Gasteiger partial charge in [-0.3, -0.25) is 14.7 Å². The number of piperidine rings is 1. The summed E-state index contributed by atoms with van der Waals surface area (Å²) in [5, 5.41) is 9.88. The molecule has 28 heavy (non-hydrogen) atoms. The first-order chi connectivity index (χ1) is 13.4. The lowest BCUT2D eigenvalue weighted by atomic mass is 9.90. The predicted molar refractivity (Wildman–Crippen MR) is 116 cm³/mol. The molecule has 0 aromatic heterocycles. The molecular formula is C22H35N5O. The molecule has 0 bridgehead atoms. The Morgan fingerprint density at radius 1 is 1.32 bits per heavy atom. The number of para-hydroxylation sites is 1. The van der Waals surface area contributed by atoms with Crippen molar-refractivity contribution in [3.8, 4) is 0 Å². The monoisotopic (exact) mass is 385 g/mol. The molecule has 154 valence electrons. The van der Waals surface area contributed by atoms with Gasteiger partial charge in [0.2, 0.25) is 5.91 Å². The van der Waals surface area contributed by atoms with Gasteiger partial charge in [-0.1, -0.05) is 25.1 Å². The number of guanidine groups is 1. The van der Waals surface area contributed by atoms with E-state index in [2.05, 4.69) is 52.7 Å². The Balaban J connectivity index is 1.55. The van der Waals surface area contributed by atoms with E-state index in [4.69, 9.17) is 0 Å². The molecule has 3 N–H and O–H groups in total. The zero-order valence-corrected chi connectivity index (χ0v) is 17.7. The molecule has 3 rings (SSSR count). The maximum Gasteiger partial charge on any atom is 0.225 e. The van der Waals surface area contributed by atoms with E-state index in [0.717, 1.165) is 30.7 Å². The van der Waals surface area contributed by atoms with Crippen molar-refractivity contribution in [1.82, 2.24) is 15.5 Å². The van der Waals surface area contributed by atoms with Crippen molar-refractivity contribution in [2.75, 3.05) is 38.5 Å². The number of aliphatic imine (C=N–C) groups is 1. The molecule has 2 aliphatic rings. The molecule has 2 aliphatic heterocycles. The highest BCUT2D eigenvalue weighted by Gasteiger charge is 2.30. The van der Waals surface area contributed by atoms with Crippen LogP contribution >= 0.6 is 0 Å². The molecule has 6 heteroatoms. The van der Waals surface area contributed by atoms with E-state index >= 15 is 0 Å². The lowest BCUT2D eigenvalue weighted by Crippen LogP contribution is -2.56. The molecule has 1 aromatic rings. The first kappa shape index (κ1) is 20.6. The average molecular weight is 386 g/mol. The van der Waals surface area contributed by atoms with Crippen molar-refractivity contribution in [2.24, 2.45) is 10.9 Å². The minimum absolute atomic E-state index is 0.0730. The van der Waals surface area contributed by atoms with Crippen LogP contribution in [0.3, 0.4) is 0 Å². The number of nitrogens with zero attached hydrogens (tertiary/aromatic N) is 2. The fourth-order valence-corrected chi connectivity index (χ4v) is 4.28. The van der Waals surface area contributed by atoms with Crippen molar-refractivity contribution < 1.29 is 4.79 Å². The second kappa shape index (κ2) is 8.95. The fraction of sp³-hybridized carbons (Fsp3) is 0.636. The van der Waals surface area contributed by atoms with Crippen LogP contribution in [0.4, 0.5) is 5.69 Å². The van der Waals surface area contributed by atoms with Crippen molar-refractivity contribution >= 4 is 17.6 Å². The molecule has 0 aliphatic carbocycles. The molecular weight excluding hydrogens is 350 g/mol. The number of likely N-dealkylation sites (tertiary alicyclic amines) is 1. The maximum atomic E-state index is 12.0. The van der Waals surface area contributed by atoms with Crippen molar-refractivity contribution in [1.29, 1.82) is 0 Å². The third-order valence-corrected chi connectivity index (χ3v) is 6.05. The highest BCUT2D eigenvalue weighted by molar-refractivity contribution is 5.94. The Hall–Kier alpha value is -2.08. The lowest BCUT2D eigenvalue weighted by Gasteiger charge is -2.43. The molecule has 2 heterocycles. The molecule has 1 fully saturated rings. The Morgan fingerprint density at radius 2 is 2.11 bits per heavy atom. The Labute approximate surface area is 169 Å². The smallest absolute Gasteiger partial charge is 0.225 e. The van der Waals surface area contributed by atoms with E-state index in [1.54, 1.807) is 7.05 Å². The standard InChI is InChI=1S/C22H35N5O/c1-16-8-7-11-27(14-16)22(2,3)15-25-21(23-4)24-13-17-12-20(28)26-19-10-6-5-9-18(17)19/h5-6,9-10,16-17H,7-8,11-15H2,1-4H3,(H,26,28)(H2,23,24,25). The van der Waals surface area contributed by atoms with E-state index in [9.17, 15) is 4.79 Å². The van der Waals surface area contributed by atoms with Gasteiger partial charge in [-0.25, -0.2) is 0 Å². The second-order valence-electron chi connectivity index (χ2n) is 8.85. The Kier molecular flexibility index (Phi) is 6.60. The molecule has 2 atom stereocenters. The zero-order valence-electron chi connectivity index (χ0n) is 17.7. The molecule has 0 spiro atoms. The van der Waals surface area contributed by atoms with Crippen molar-refractivity contribution in [3.63, 3.8) is 0 Å². The van der Waals surface area contributed by atoms with Crippen LogP contribution in [0.5, 0.6) is 0 Å². The summed E-state index contributed by atoms with van der Waals surface area (Å²) in [6.07, 6.45) is 3.11. The first-order valence-electron chi connectivity index (χ1n) is 10.5. The summed E-state index contributed by atoms with van der Waals surface area (Å²) in [6, 6.07) is 8.05. The van der Waals surface area contributed by atoms with E-state index in [1.807, 2.05) is 18.2 Å². The number of nitrogens with one attached hydrogen (secondary N) is 3. The first-order valence-corrected chi connectivity index (χ1v) is 10.5. The number of carbonyl (C=O) groups excluding carboxylic acids is 1. The van der Waals surface area contributed by atoms with Crippen LogP contribution < -0.4 is 16.0 Å². The van der Waals surface area contributed by atoms with E-state index in [-0.39, 0.29) is 17.4 Å². The quantitative estimate of drug-likeness (QED) is 0.539. The van der Waals surface area contributed by atoms with Gasteiger partial charge >= 0.3 is 0 Å². The topological polar surface area (TPSA) is 68.8 Å². The van der Waals surface area contributed by atoms with Crippen LogP contribution in [0.2, 0.25) is 0 Å². The molecule has 2 unspecified atom stereocenters. The summed E-state index contributed by atoms with van der Waals surface area (Å²) in [5.74, 6) is 1.79. The van der Waals surface area contributed by atoms with Crippen molar-refractivity contribution in [2.45, 2.75) is 51.5 Å². The normalized spacial score (nSPS) is 23.7. The maximum absolute atomic E-state index is 12.0. The number of fused-ring (bicyclic) bond motifs is 1. The van der Waals surface area contributed by atoms with Gasteiger partial charge in [0.25, 0.3) is 0 Å². The molecule has 0 radical (unpaired) electrons. The molecule has 6 nitrogen and oxygen atoms in total. The molecule has 1 saturated heterocycles. The summed E-state index contributed by atoms with van der Waals surface area (Å²) < 4.78 is 0. The van der Waals surface area contributed by atoms with Crippen LogP contribution in [-0.4, -0.2) is 55.5 Å². The van der Waals surface area contributed by atoms with Crippen molar-refractivity contribution in [3.05, 3.63) is 29.8 Å². The van der Waals surface area contributed by atoms with Crippen LogP contribution in [0.15, 0.2) is 29.3 Å². The Bertz CT molecular complexity index is 715. The Morgan fingerprint density at radius 3 is 2.86 bits per heavy atom. The second-order valence-corrected chi connectivity index (χ2v) is 8.85. The SMILES string of the molecule is CN=C(NCC1CC(=O)Nc2ccccc21)NCC(C)(C)N1CCCC(C)C1. The number of benzene rings is 1. The fourth-order valence-electron chi connectivity index (χ4n) is 4.28. The van der Waals surface area contributed by atoms with Crippen LogP contribution in [-0.2, 0) is 4.79 Å². The highest BCUT2D eigenvalue weighted by atomic mass is 16.1.